The van der Waals surface area contributed by atoms with Crippen LogP contribution in [0.3, 0.4) is 0 Å². The molecule has 1 amide bonds. The third-order valence-electron chi connectivity index (χ3n) is 3.18. The normalized spacial score (nSPS) is 10.9. The zero-order valence-corrected chi connectivity index (χ0v) is 11.8. The number of carbonyl (C=O) groups excluding carboxylic acids is 2. The number of nitrogens with one attached hydrogen (secondary N) is 3. The molecule has 1 aromatic heterocycles. The van der Waals surface area contributed by atoms with Crippen LogP contribution in [0.25, 0.3) is 10.9 Å². The van der Waals surface area contributed by atoms with Crippen LogP contribution in [0.4, 0.5) is 0 Å². The Balaban J connectivity index is 1.98. The highest BCUT2D eigenvalue weighted by Crippen LogP contribution is 2.17. The van der Waals surface area contributed by atoms with Crippen LogP contribution in [0.2, 0.25) is 0 Å². The van der Waals surface area contributed by atoms with Gasteiger partial charge in [-0.2, -0.15) is 0 Å². The highest BCUT2D eigenvalue weighted by atomic mass is 16.2. The van der Waals surface area contributed by atoms with Crippen LogP contribution in [0.15, 0.2) is 30.5 Å². The first-order valence-corrected chi connectivity index (χ1v) is 6.77. The quantitative estimate of drug-likeness (QED) is 0.394. The molecule has 0 aliphatic heterocycles. The first-order chi connectivity index (χ1) is 9.59. The largest absolute Gasteiger partial charge is 0.360 e. The molecule has 0 unspecified atom stereocenters. The van der Waals surface area contributed by atoms with E-state index in [0.29, 0.717) is 12.1 Å². The lowest BCUT2D eigenvalue weighted by molar-refractivity contribution is -0.858. The van der Waals surface area contributed by atoms with Crippen LogP contribution >= 0.6 is 0 Å². The molecule has 5 nitrogen and oxygen atoms in total. The van der Waals surface area contributed by atoms with Crippen LogP contribution in [0, 0.1) is 0 Å². The number of para-hydroxylation sites is 1. The molecule has 20 heavy (non-hydrogen) atoms. The maximum atomic E-state index is 12.1. The molecule has 0 bridgehead atoms. The highest BCUT2D eigenvalue weighted by Gasteiger charge is 2.19. The van der Waals surface area contributed by atoms with Crippen molar-refractivity contribution in [3.05, 3.63) is 36.0 Å². The fourth-order valence-corrected chi connectivity index (χ4v) is 2.11. The molecular weight excluding hydrogens is 254 g/mol. The van der Waals surface area contributed by atoms with Gasteiger partial charge >= 0.3 is 0 Å². The Morgan fingerprint density at radius 2 is 2.00 bits per heavy atom. The first-order valence-electron chi connectivity index (χ1n) is 6.77. The van der Waals surface area contributed by atoms with Gasteiger partial charge in [-0.25, -0.2) is 0 Å². The molecule has 0 radical (unpaired) electrons. The Bertz CT molecular complexity index is 616. The van der Waals surface area contributed by atoms with Crippen LogP contribution < -0.4 is 10.2 Å². The van der Waals surface area contributed by atoms with Gasteiger partial charge in [0.15, 0.2) is 0 Å². The van der Waals surface area contributed by atoms with Crippen molar-refractivity contribution >= 4 is 22.6 Å². The van der Waals surface area contributed by atoms with Gasteiger partial charge in [0.1, 0.15) is 0 Å². The molecule has 5 heteroatoms. The predicted octanol–water partition coefficient (Wildman–Crippen LogP) is 0.00140. The molecule has 106 valence electrons. The lowest BCUT2D eigenvalue weighted by Gasteiger charge is -2.07. The van der Waals surface area contributed by atoms with Gasteiger partial charge in [-0.15, -0.1) is 0 Å². The number of Topliss-reactive ketones (excluding diaryl/α,β-unsaturated/α-hetero) is 1. The molecule has 2 aromatic rings. The van der Waals surface area contributed by atoms with Crippen LogP contribution in [0.1, 0.15) is 16.8 Å². The maximum absolute atomic E-state index is 12.1. The number of aromatic amines is 1. The second-order valence-electron chi connectivity index (χ2n) is 5.14. The van der Waals surface area contributed by atoms with Crippen LogP contribution in [-0.2, 0) is 4.79 Å². The van der Waals surface area contributed by atoms with Crippen molar-refractivity contribution in [3.8, 4) is 0 Å². The fourth-order valence-electron chi connectivity index (χ4n) is 2.11. The van der Waals surface area contributed by atoms with Gasteiger partial charge in [0.25, 0.3) is 11.7 Å². The molecule has 2 rings (SSSR count). The Labute approximate surface area is 118 Å². The monoisotopic (exact) mass is 274 g/mol. The van der Waals surface area contributed by atoms with Gasteiger partial charge in [-0.05, 0) is 6.07 Å². The number of aromatic nitrogens is 1. The smallest absolute Gasteiger partial charge is 0.292 e. The van der Waals surface area contributed by atoms with Crippen molar-refractivity contribution in [2.75, 3.05) is 27.2 Å². The van der Waals surface area contributed by atoms with E-state index in [2.05, 4.69) is 24.4 Å². The van der Waals surface area contributed by atoms with Gasteiger partial charge in [0.2, 0.25) is 0 Å². The van der Waals surface area contributed by atoms with Crippen molar-refractivity contribution < 1.29 is 14.5 Å². The summed E-state index contributed by atoms with van der Waals surface area (Å²) in [5.74, 6) is -1.02. The fraction of sp³-hybridized carbons (Fsp3) is 0.333. The molecule has 0 saturated carbocycles. The summed E-state index contributed by atoms with van der Waals surface area (Å²) >= 11 is 0. The van der Waals surface area contributed by atoms with Gasteiger partial charge < -0.3 is 15.2 Å². The molecule has 3 N–H and O–H groups in total. The molecule has 0 spiro atoms. The molecule has 1 heterocycles. The van der Waals surface area contributed by atoms with Crippen molar-refractivity contribution in [2.45, 2.75) is 6.42 Å². The number of rotatable bonds is 6. The second-order valence-corrected chi connectivity index (χ2v) is 5.14. The minimum Gasteiger partial charge on any atom is -0.360 e. The number of benzene rings is 1. The number of hydrogen-bond acceptors (Lipinski definition) is 2. The minimum atomic E-state index is -0.538. The minimum absolute atomic E-state index is 0.427. The second kappa shape index (κ2) is 6.34. The van der Waals surface area contributed by atoms with E-state index in [4.69, 9.17) is 0 Å². The summed E-state index contributed by atoms with van der Waals surface area (Å²) in [6, 6.07) is 7.45. The summed E-state index contributed by atoms with van der Waals surface area (Å²) in [4.78, 5) is 28.3. The molecule has 1 aromatic carbocycles. The zero-order chi connectivity index (χ0) is 14.5. The van der Waals surface area contributed by atoms with E-state index in [9.17, 15) is 9.59 Å². The number of quaternary nitrogens is 1. The van der Waals surface area contributed by atoms with Crippen molar-refractivity contribution in [1.82, 2.24) is 10.3 Å². The lowest BCUT2D eigenvalue weighted by Crippen LogP contribution is -3.05. The highest BCUT2D eigenvalue weighted by molar-refractivity contribution is 6.44. The number of fused-ring (bicyclic) bond motifs is 1. The number of ketones is 1. The van der Waals surface area contributed by atoms with E-state index in [1.807, 2.05) is 24.3 Å². The summed E-state index contributed by atoms with van der Waals surface area (Å²) in [5, 5.41) is 3.46. The summed E-state index contributed by atoms with van der Waals surface area (Å²) in [7, 11) is 4.11. The molecule has 0 atom stereocenters. The zero-order valence-electron chi connectivity index (χ0n) is 11.8. The predicted molar refractivity (Wildman–Crippen MR) is 77.9 cm³/mol. The number of hydrogen-bond donors (Lipinski definition) is 3. The van der Waals surface area contributed by atoms with Crippen LogP contribution in [-0.4, -0.2) is 43.9 Å². The Morgan fingerprint density at radius 1 is 1.25 bits per heavy atom. The summed E-state index contributed by atoms with van der Waals surface area (Å²) in [5.41, 5.74) is 1.29. The number of carbonyl (C=O) groups is 2. The third-order valence-corrected chi connectivity index (χ3v) is 3.18. The standard InChI is InChI=1S/C15H19N3O2/c1-18(2)9-5-8-16-15(20)14(19)12-10-17-13-7-4-3-6-11(12)13/h3-4,6-7,10,17H,5,8-9H2,1-2H3,(H,16,20)/p+1. The summed E-state index contributed by atoms with van der Waals surface area (Å²) in [6.45, 7) is 1.49. The first kappa shape index (κ1) is 14.3. The van der Waals surface area contributed by atoms with E-state index in [1.165, 1.54) is 4.90 Å². The SMILES string of the molecule is C[NH+](C)CCCNC(=O)C(=O)c1c[nH]c2ccccc12. The molecule has 0 fully saturated rings. The summed E-state index contributed by atoms with van der Waals surface area (Å²) in [6.07, 6.45) is 2.45. The molecular formula is C15H20N3O2+. The average Bonchev–Trinajstić information content (AvgIpc) is 2.86. The average molecular weight is 274 g/mol. The van der Waals surface area contributed by atoms with Crippen molar-refractivity contribution in [1.29, 1.82) is 0 Å². The van der Waals surface area contributed by atoms with Crippen molar-refractivity contribution in [2.24, 2.45) is 0 Å². The van der Waals surface area contributed by atoms with Gasteiger partial charge in [0, 0.05) is 30.1 Å². The van der Waals surface area contributed by atoms with E-state index >= 15 is 0 Å². The van der Waals surface area contributed by atoms with E-state index in [0.717, 1.165) is 23.9 Å². The molecule has 0 aliphatic carbocycles. The van der Waals surface area contributed by atoms with E-state index in [-0.39, 0.29) is 0 Å². The van der Waals surface area contributed by atoms with E-state index in [1.54, 1.807) is 6.20 Å². The Kier molecular flexibility index (Phi) is 4.53. The number of amides is 1. The van der Waals surface area contributed by atoms with Gasteiger partial charge in [-0.1, -0.05) is 18.2 Å². The Hall–Kier alpha value is -2.14. The van der Waals surface area contributed by atoms with E-state index < -0.39 is 11.7 Å². The number of H-pyrrole nitrogens is 1. The lowest BCUT2D eigenvalue weighted by atomic mass is 10.1. The summed E-state index contributed by atoms with van der Waals surface area (Å²) < 4.78 is 0. The molecule has 0 aliphatic rings. The third kappa shape index (κ3) is 3.24. The maximum Gasteiger partial charge on any atom is 0.292 e. The van der Waals surface area contributed by atoms with Crippen molar-refractivity contribution in [3.63, 3.8) is 0 Å². The van der Waals surface area contributed by atoms with Crippen LogP contribution in [0.5, 0.6) is 0 Å². The Morgan fingerprint density at radius 3 is 2.75 bits per heavy atom. The van der Waals surface area contributed by atoms with Gasteiger partial charge in [0.05, 0.1) is 26.2 Å². The topological polar surface area (TPSA) is 66.4 Å². The molecule has 0 saturated heterocycles. The van der Waals surface area contributed by atoms with Gasteiger partial charge in [-0.3, -0.25) is 9.59 Å².